The number of benzene rings is 2. The maximum atomic E-state index is 13.2. The predicted octanol–water partition coefficient (Wildman–Crippen LogP) is 5.11. The molecule has 3 amide bonds. The maximum Gasteiger partial charge on any atom is 0.418 e. The number of anilines is 2. The number of hydrogen-bond donors (Lipinski definition) is 3. The number of carbonyl (C=O) groups excluding carboxylic acids is 2. The Hall–Kier alpha value is -2.75. The Morgan fingerprint density at radius 3 is 2.34 bits per heavy atom. The van der Waals surface area contributed by atoms with Gasteiger partial charge in [0.2, 0.25) is 5.91 Å². The van der Waals surface area contributed by atoms with Gasteiger partial charge in [-0.1, -0.05) is 0 Å². The van der Waals surface area contributed by atoms with E-state index in [0.29, 0.717) is 12.2 Å². The monoisotopic (exact) mass is 429 g/mol. The van der Waals surface area contributed by atoms with Gasteiger partial charge in [-0.25, -0.2) is 9.18 Å². The van der Waals surface area contributed by atoms with Crippen molar-refractivity contribution in [2.45, 2.75) is 24.4 Å². The van der Waals surface area contributed by atoms with Crippen LogP contribution in [0.3, 0.4) is 0 Å². The number of nitrogens with one attached hydrogen (secondary N) is 3. The summed E-state index contributed by atoms with van der Waals surface area (Å²) in [5, 5.41) is 6.95. The molecule has 0 atom stereocenters. The quantitative estimate of drug-likeness (QED) is 0.326. The second-order valence-electron chi connectivity index (χ2n) is 5.98. The molecular weight excluding hydrogens is 410 g/mol. The molecule has 29 heavy (non-hydrogen) atoms. The summed E-state index contributed by atoms with van der Waals surface area (Å²) in [5.41, 5.74) is -1.50. The van der Waals surface area contributed by atoms with Crippen molar-refractivity contribution in [3.63, 3.8) is 0 Å². The van der Waals surface area contributed by atoms with Crippen LogP contribution >= 0.6 is 11.8 Å². The Bertz CT molecular complexity index is 858. The fourth-order valence-electron chi connectivity index (χ4n) is 2.33. The van der Waals surface area contributed by atoms with Crippen molar-refractivity contribution in [1.29, 1.82) is 0 Å². The summed E-state index contributed by atoms with van der Waals surface area (Å²) in [6.45, 7) is 1.44. The summed E-state index contributed by atoms with van der Waals surface area (Å²) < 4.78 is 52.6. The molecule has 0 aromatic heterocycles. The van der Waals surface area contributed by atoms with Gasteiger partial charge in [0, 0.05) is 24.1 Å². The van der Waals surface area contributed by atoms with Crippen LogP contribution in [0, 0.1) is 5.82 Å². The molecule has 10 heteroatoms. The molecule has 2 rings (SSSR count). The van der Waals surface area contributed by atoms with Crippen LogP contribution in [0.5, 0.6) is 0 Å². The number of urea groups is 1. The topological polar surface area (TPSA) is 70.2 Å². The van der Waals surface area contributed by atoms with Crippen LogP contribution in [0.1, 0.15) is 18.9 Å². The molecule has 156 valence electrons. The van der Waals surface area contributed by atoms with Gasteiger partial charge in [0.25, 0.3) is 0 Å². The minimum Gasteiger partial charge on any atom is -0.338 e. The number of carbonyl (C=O) groups is 2. The highest BCUT2D eigenvalue weighted by Crippen LogP contribution is 2.36. The molecule has 0 bridgehead atoms. The minimum absolute atomic E-state index is 0.0198. The third-order valence-corrected chi connectivity index (χ3v) is 4.68. The summed E-state index contributed by atoms with van der Waals surface area (Å²) in [4.78, 5) is 23.8. The lowest BCUT2D eigenvalue weighted by Crippen LogP contribution is -2.30. The molecule has 0 spiro atoms. The van der Waals surface area contributed by atoms with E-state index >= 15 is 0 Å². The minimum atomic E-state index is -4.71. The zero-order chi connectivity index (χ0) is 21.4. The Morgan fingerprint density at radius 1 is 1.03 bits per heavy atom. The van der Waals surface area contributed by atoms with E-state index in [0.717, 1.165) is 17.0 Å². The van der Waals surface area contributed by atoms with Gasteiger partial charge in [-0.05, 0) is 54.6 Å². The van der Waals surface area contributed by atoms with Crippen LogP contribution in [0.2, 0.25) is 0 Å². The first-order chi connectivity index (χ1) is 13.6. The average Bonchev–Trinajstić information content (AvgIpc) is 2.63. The van der Waals surface area contributed by atoms with Crippen LogP contribution < -0.4 is 16.0 Å². The highest BCUT2D eigenvalue weighted by atomic mass is 32.2. The maximum absolute atomic E-state index is 13.2. The summed E-state index contributed by atoms with van der Waals surface area (Å²) in [6.07, 6.45) is -4.13. The van der Waals surface area contributed by atoms with Crippen LogP contribution in [-0.2, 0) is 11.0 Å². The molecule has 0 saturated heterocycles. The molecule has 5 nitrogen and oxygen atoms in total. The highest BCUT2D eigenvalue weighted by molar-refractivity contribution is 7.99. The molecule has 0 radical (unpaired) electrons. The number of alkyl halides is 3. The van der Waals surface area contributed by atoms with E-state index in [4.69, 9.17) is 0 Å². The van der Waals surface area contributed by atoms with Crippen LogP contribution in [0.15, 0.2) is 47.4 Å². The summed E-state index contributed by atoms with van der Waals surface area (Å²) in [5.74, 6) is -0.184. The van der Waals surface area contributed by atoms with Crippen LogP contribution in [0.25, 0.3) is 0 Å². The van der Waals surface area contributed by atoms with E-state index in [2.05, 4.69) is 16.0 Å². The molecule has 0 aliphatic rings. The normalized spacial score (nSPS) is 11.1. The number of rotatable bonds is 7. The fourth-order valence-corrected chi connectivity index (χ4v) is 3.18. The summed E-state index contributed by atoms with van der Waals surface area (Å²) >= 11 is 1.48. The van der Waals surface area contributed by atoms with Crippen molar-refractivity contribution in [2.24, 2.45) is 0 Å². The Kier molecular flexibility index (Phi) is 7.89. The number of amides is 3. The number of halogens is 4. The molecule has 2 aromatic carbocycles. The lowest BCUT2D eigenvalue weighted by Gasteiger charge is -2.16. The first-order valence-electron chi connectivity index (χ1n) is 8.57. The van der Waals surface area contributed by atoms with E-state index in [1.165, 1.54) is 36.9 Å². The van der Waals surface area contributed by atoms with E-state index in [-0.39, 0.29) is 18.0 Å². The molecular formula is C19H19F4N3O2S. The fraction of sp³-hybridized carbons (Fsp3) is 0.263. The first kappa shape index (κ1) is 22.5. The Balaban J connectivity index is 1.86. The molecule has 0 saturated carbocycles. The lowest BCUT2D eigenvalue weighted by molar-refractivity contribution is -0.137. The predicted molar refractivity (Wildman–Crippen MR) is 105 cm³/mol. The molecule has 0 aliphatic heterocycles. The zero-order valence-electron chi connectivity index (χ0n) is 15.4. The van der Waals surface area contributed by atoms with Crippen molar-refractivity contribution in [2.75, 3.05) is 22.9 Å². The molecule has 2 aromatic rings. The largest absolute Gasteiger partial charge is 0.418 e. The molecule has 0 fully saturated rings. The van der Waals surface area contributed by atoms with Crippen molar-refractivity contribution >= 4 is 35.1 Å². The van der Waals surface area contributed by atoms with Gasteiger partial charge in [0.1, 0.15) is 5.82 Å². The highest BCUT2D eigenvalue weighted by Gasteiger charge is 2.34. The van der Waals surface area contributed by atoms with Gasteiger partial charge >= 0.3 is 12.2 Å². The van der Waals surface area contributed by atoms with E-state index in [1.807, 2.05) is 0 Å². The summed E-state index contributed by atoms with van der Waals surface area (Å²) in [7, 11) is 0. The summed E-state index contributed by atoms with van der Waals surface area (Å²) in [6, 6.07) is 8.33. The second kappa shape index (κ2) is 10.1. The van der Waals surface area contributed by atoms with Crippen LogP contribution in [0.4, 0.5) is 33.7 Å². The standard InChI is InChI=1S/C19H19F4N3O2S/c1-12(27)25-14-5-8-17(16(11-14)19(21,22)23)26-18(28)24-9-2-10-29-15-6-3-13(20)4-7-15/h3-8,11H,2,9-10H2,1H3,(H,25,27)(H2,24,26,28). The van der Waals surface area contributed by atoms with E-state index < -0.39 is 29.4 Å². The van der Waals surface area contributed by atoms with Crippen molar-refractivity contribution in [3.8, 4) is 0 Å². The molecule has 0 aliphatic carbocycles. The van der Waals surface area contributed by atoms with Crippen LogP contribution in [-0.4, -0.2) is 24.2 Å². The van der Waals surface area contributed by atoms with Crippen molar-refractivity contribution in [1.82, 2.24) is 5.32 Å². The van der Waals surface area contributed by atoms with E-state index in [1.54, 1.807) is 12.1 Å². The zero-order valence-corrected chi connectivity index (χ0v) is 16.2. The number of hydrogen-bond acceptors (Lipinski definition) is 3. The second-order valence-corrected chi connectivity index (χ2v) is 7.14. The first-order valence-corrected chi connectivity index (χ1v) is 9.56. The molecule has 3 N–H and O–H groups in total. The third-order valence-electron chi connectivity index (χ3n) is 3.58. The lowest BCUT2D eigenvalue weighted by atomic mass is 10.1. The van der Waals surface area contributed by atoms with Gasteiger partial charge in [-0.3, -0.25) is 4.79 Å². The third kappa shape index (κ3) is 7.65. The van der Waals surface area contributed by atoms with Gasteiger partial charge in [0.15, 0.2) is 0 Å². The van der Waals surface area contributed by atoms with Gasteiger partial charge in [-0.2, -0.15) is 13.2 Å². The number of thioether (sulfide) groups is 1. The van der Waals surface area contributed by atoms with Crippen molar-refractivity contribution in [3.05, 3.63) is 53.8 Å². The van der Waals surface area contributed by atoms with E-state index in [9.17, 15) is 27.2 Å². The molecule has 0 heterocycles. The van der Waals surface area contributed by atoms with Gasteiger partial charge in [0.05, 0.1) is 11.3 Å². The Morgan fingerprint density at radius 2 is 1.72 bits per heavy atom. The average molecular weight is 429 g/mol. The molecule has 0 unspecified atom stereocenters. The Labute approximate surface area is 169 Å². The van der Waals surface area contributed by atoms with Crippen molar-refractivity contribution < 1.29 is 27.2 Å². The van der Waals surface area contributed by atoms with Gasteiger partial charge in [-0.15, -0.1) is 11.8 Å². The smallest absolute Gasteiger partial charge is 0.338 e. The van der Waals surface area contributed by atoms with Gasteiger partial charge < -0.3 is 16.0 Å². The SMILES string of the molecule is CC(=O)Nc1ccc(NC(=O)NCCCSc2ccc(F)cc2)c(C(F)(F)F)c1.